The third kappa shape index (κ3) is 3.57. The number of fused-ring (bicyclic) bond motifs is 1. The molecule has 3 N–H and O–H groups in total. The van der Waals surface area contributed by atoms with Crippen molar-refractivity contribution in [3.05, 3.63) is 45.9 Å². The van der Waals surface area contributed by atoms with Crippen molar-refractivity contribution >= 4 is 51.5 Å². The second kappa shape index (κ2) is 7.53. The van der Waals surface area contributed by atoms with Crippen LogP contribution in [0.2, 0.25) is 5.02 Å². The molecule has 8 heteroatoms. The zero-order chi connectivity index (χ0) is 16.6. The van der Waals surface area contributed by atoms with Crippen molar-refractivity contribution in [3.8, 4) is 5.69 Å². The van der Waals surface area contributed by atoms with E-state index in [9.17, 15) is 4.79 Å². The van der Waals surface area contributed by atoms with Gasteiger partial charge in [0.15, 0.2) is 0 Å². The minimum absolute atomic E-state index is 0. The van der Waals surface area contributed by atoms with Crippen molar-refractivity contribution in [1.82, 2.24) is 15.1 Å². The Labute approximate surface area is 155 Å². The molecule has 0 saturated heterocycles. The van der Waals surface area contributed by atoms with Crippen molar-refractivity contribution < 1.29 is 4.79 Å². The molecule has 3 aromatic rings. The van der Waals surface area contributed by atoms with Crippen molar-refractivity contribution in [2.75, 3.05) is 6.54 Å². The summed E-state index contributed by atoms with van der Waals surface area (Å²) in [5, 5.41) is 9.06. The number of carbonyl (C=O) groups is 1. The predicted molar refractivity (Wildman–Crippen MR) is 102 cm³/mol. The summed E-state index contributed by atoms with van der Waals surface area (Å²) in [4.78, 5) is 13.9. The third-order valence-corrected chi connectivity index (χ3v) is 4.90. The zero-order valence-electron chi connectivity index (χ0n) is 13.2. The minimum atomic E-state index is -0.110. The average Bonchev–Trinajstić information content (AvgIpc) is 3.08. The second-order valence-corrected chi connectivity index (χ2v) is 6.88. The topological polar surface area (TPSA) is 72.9 Å². The van der Waals surface area contributed by atoms with Gasteiger partial charge in [-0.1, -0.05) is 17.7 Å². The van der Waals surface area contributed by atoms with E-state index in [1.165, 1.54) is 11.3 Å². The molecular formula is C16H18Cl2N4OS. The lowest BCUT2D eigenvalue weighted by atomic mass is 10.3. The largest absolute Gasteiger partial charge is 0.348 e. The average molecular weight is 385 g/mol. The molecule has 0 spiro atoms. The van der Waals surface area contributed by atoms with Gasteiger partial charge in [-0.3, -0.25) is 4.79 Å². The van der Waals surface area contributed by atoms with Gasteiger partial charge in [0.2, 0.25) is 0 Å². The highest BCUT2D eigenvalue weighted by Gasteiger charge is 2.18. The molecule has 0 radical (unpaired) electrons. The standard InChI is InChI=1S/C16H17ClN4OS.ClH/c1-9(8-18)19-15(22)14-7-13-10(2)20-21(16(13)23-14)12-5-3-4-11(17)6-12;/h3-7,9H,8,18H2,1-2H3,(H,19,22);1H/t9-;/m0./s1. The van der Waals surface area contributed by atoms with E-state index < -0.39 is 0 Å². The third-order valence-electron chi connectivity index (χ3n) is 3.55. The molecule has 0 aliphatic rings. The number of aromatic nitrogens is 2. The lowest BCUT2D eigenvalue weighted by molar-refractivity contribution is 0.0945. The number of nitrogens with one attached hydrogen (secondary N) is 1. The van der Waals surface area contributed by atoms with Crippen LogP contribution in [0.4, 0.5) is 0 Å². The van der Waals surface area contributed by atoms with Gasteiger partial charge in [-0.25, -0.2) is 4.68 Å². The van der Waals surface area contributed by atoms with Crippen molar-refractivity contribution in [2.24, 2.45) is 5.73 Å². The van der Waals surface area contributed by atoms with E-state index in [1.54, 1.807) is 0 Å². The van der Waals surface area contributed by atoms with Crippen molar-refractivity contribution in [1.29, 1.82) is 0 Å². The fourth-order valence-electron chi connectivity index (χ4n) is 2.30. The highest BCUT2D eigenvalue weighted by atomic mass is 35.5. The molecule has 0 aliphatic heterocycles. The highest BCUT2D eigenvalue weighted by molar-refractivity contribution is 7.20. The van der Waals surface area contributed by atoms with Gasteiger partial charge in [-0.05, 0) is 38.1 Å². The summed E-state index contributed by atoms with van der Waals surface area (Å²) in [6.45, 7) is 4.22. The van der Waals surface area contributed by atoms with E-state index in [1.807, 2.05) is 48.9 Å². The molecule has 2 heterocycles. The van der Waals surface area contributed by atoms with E-state index in [-0.39, 0.29) is 24.4 Å². The van der Waals surface area contributed by atoms with Gasteiger partial charge in [0, 0.05) is 23.0 Å². The molecule has 0 fully saturated rings. The second-order valence-electron chi connectivity index (χ2n) is 5.42. The number of nitrogens with two attached hydrogens (primary N) is 1. The van der Waals surface area contributed by atoms with Gasteiger partial charge in [0.05, 0.1) is 16.3 Å². The first-order chi connectivity index (χ1) is 11.0. The van der Waals surface area contributed by atoms with Crippen molar-refractivity contribution in [3.63, 3.8) is 0 Å². The number of thiophene rings is 1. The van der Waals surface area contributed by atoms with E-state index in [0.29, 0.717) is 16.4 Å². The molecule has 2 aromatic heterocycles. The monoisotopic (exact) mass is 384 g/mol. The first-order valence-corrected chi connectivity index (χ1v) is 8.45. The first-order valence-electron chi connectivity index (χ1n) is 7.25. The summed E-state index contributed by atoms with van der Waals surface area (Å²) in [6.07, 6.45) is 0. The molecule has 0 bridgehead atoms. The molecule has 1 aromatic carbocycles. The van der Waals surface area contributed by atoms with Crippen LogP contribution in [0.15, 0.2) is 30.3 Å². The van der Waals surface area contributed by atoms with E-state index >= 15 is 0 Å². The number of halogens is 2. The number of aryl methyl sites for hydroxylation is 1. The molecule has 1 atom stereocenters. The zero-order valence-corrected chi connectivity index (χ0v) is 15.6. The SMILES string of the molecule is Cc1nn(-c2cccc(Cl)c2)c2sc(C(=O)N[C@@H](C)CN)cc12.Cl. The first kappa shape index (κ1) is 18.7. The molecule has 5 nitrogen and oxygen atoms in total. The lowest BCUT2D eigenvalue weighted by Gasteiger charge is -2.09. The number of hydrogen-bond donors (Lipinski definition) is 2. The molecule has 0 aliphatic carbocycles. The molecule has 0 saturated carbocycles. The molecule has 1 amide bonds. The van der Waals surface area contributed by atoms with Crippen LogP contribution in [0.25, 0.3) is 15.9 Å². The van der Waals surface area contributed by atoms with Crippen LogP contribution >= 0.6 is 35.3 Å². The van der Waals surface area contributed by atoms with Crippen LogP contribution in [-0.4, -0.2) is 28.3 Å². The molecular weight excluding hydrogens is 367 g/mol. The van der Waals surface area contributed by atoms with Crippen LogP contribution < -0.4 is 11.1 Å². The lowest BCUT2D eigenvalue weighted by Crippen LogP contribution is -2.37. The number of nitrogens with zero attached hydrogens (tertiary/aromatic N) is 2. The van der Waals surface area contributed by atoms with Crippen LogP contribution in [0, 0.1) is 6.92 Å². The van der Waals surface area contributed by atoms with E-state index in [4.69, 9.17) is 17.3 Å². The highest BCUT2D eigenvalue weighted by Crippen LogP contribution is 2.31. The van der Waals surface area contributed by atoms with E-state index in [0.717, 1.165) is 21.6 Å². The summed E-state index contributed by atoms with van der Waals surface area (Å²) < 4.78 is 1.82. The Hall–Kier alpha value is -1.60. The number of rotatable bonds is 4. The Morgan fingerprint density at radius 2 is 2.21 bits per heavy atom. The maximum atomic E-state index is 12.3. The molecule has 0 unspecified atom stereocenters. The quantitative estimate of drug-likeness (QED) is 0.722. The Morgan fingerprint density at radius 1 is 1.46 bits per heavy atom. The summed E-state index contributed by atoms with van der Waals surface area (Å²) in [7, 11) is 0. The smallest absolute Gasteiger partial charge is 0.261 e. The number of hydrogen-bond acceptors (Lipinski definition) is 4. The van der Waals surface area contributed by atoms with Crippen LogP contribution in [-0.2, 0) is 0 Å². The Bertz CT molecular complexity index is 874. The Balaban J connectivity index is 0.00000208. The summed E-state index contributed by atoms with van der Waals surface area (Å²) in [6, 6.07) is 9.31. The van der Waals surface area contributed by atoms with Crippen molar-refractivity contribution in [2.45, 2.75) is 19.9 Å². The number of benzene rings is 1. The van der Waals surface area contributed by atoms with Gasteiger partial charge >= 0.3 is 0 Å². The molecule has 24 heavy (non-hydrogen) atoms. The molecule has 128 valence electrons. The van der Waals surface area contributed by atoms with Crippen LogP contribution in [0.1, 0.15) is 22.3 Å². The van der Waals surface area contributed by atoms with Crippen LogP contribution in [0.3, 0.4) is 0 Å². The van der Waals surface area contributed by atoms with Gasteiger partial charge < -0.3 is 11.1 Å². The van der Waals surface area contributed by atoms with E-state index in [2.05, 4.69) is 10.4 Å². The van der Waals surface area contributed by atoms with Gasteiger partial charge in [-0.15, -0.1) is 23.7 Å². The Morgan fingerprint density at radius 3 is 2.88 bits per heavy atom. The minimum Gasteiger partial charge on any atom is -0.348 e. The predicted octanol–water partition coefficient (Wildman–Crippen LogP) is 3.55. The maximum Gasteiger partial charge on any atom is 0.261 e. The number of amides is 1. The van der Waals surface area contributed by atoms with Gasteiger partial charge in [0.1, 0.15) is 4.83 Å². The summed E-state index contributed by atoms with van der Waals surface area (Å²) in [5.74, 6) is -0.110. The molecule has 3 rings (SSSR count). The fourth-order valence-corrected chi connectivity index (χ4v) is 3.57. The van der Waals surface area contributed by atoms with Gasteiger partial charge in [-0.2, -0.15) is 5.10 Å². The summed E-state index contributed by atoms with van der Waals surface area (Å²) in [5.41, 5.74) is 7.31. The fraction of sp³-hybridized carbons (Fsp3) is 0.250. The maximum absolute atomic E-state index is 12.3. The summed E-state index contributed by atoms with van der Waals surface area (Å²) >= 11 is 7.48. The Kier molecular flexibility index (Phi) is 5.87. The number of carbonyl (C=O) groups excluding carboxylic acids is 1. The normalized spacial score (nSPS) is 12.0. The van der Waals surface area contributed by atoms with Crippen LogP contribution in [0.5, 0.6) is 0 Å². The van der Waals surface area contributed by atoms with Gasteiger partial charge in [0.25, 0.3) is 5.91 Å².